The number of benzene rings is 1. The minimum atomic E-state index is 0.0468. The second-order valence-electron chi connectivity index (χ2n) is 4.80. The molecular weight excluding hydrogens is 274 g/mol. The topological polar surface area (TPSA) is 47.0 Å². The molecule has 1 N–H and O–H groups in total. The first-order valence-corrected chi connectivity index (χ1v) is 6.93. The third-order valence-electron chi connectivity index (χ3n) is 2.73. The van der Waals surface area contributed by atoms with Crippen molar-refractivity contribution in [3.8, 4) is 5.88 Å². The molecule has 0 radical (unpaired) electrons. The van der Waals surface area contributed by atoms with Gasteiger partial charge in [0.2, 0.25) is 5.88 Å². The van der Waals surface area contributed by atoms with Crippen LogP contribution >= 0.6 is 11.6 Å². The number of nitrogens with zero attached hydrogens (tertiary/aromatic N) is 2. The van der Waals surface area contributed by atoms with E-state index in [1.165, 1.54) is 6.33 Å². The Morgan fingerprint density at radius 1 is 1.15 bits per heavy atom. The molecule has 20 heavy (non-hydrogen) atoms. The van der Waals surface area contributed by atoms with Crippen LogP contribution in [0.4, 0.5) is 5.82 Å². The summed E-state index contributed by atoms with van der Waals surface area (Å²) >= 11 is 6.19. The number of rotatable bonds is 5. The number of ether oxygens (including phenoxy) is 1. The molecule has 1 aromatic heterocycles. The van der Waals surface area contributed by atoms with Gasteiger partial charge in [0.1, 0.15) is 12.1 Å². The molecule has 0 saturated carbocycles. The van der Waals surface area contributed by atoms with Crippen molar-refractivity contribution in [1.82, 2.24) is 9.97 Å². The molecule has 0 aliphatic carbocycles. The fraction of sp³-hybridized carbons (Fsp3) is 0.333. The lowest BCUT2D eigenvalue weighted by atomic mass is 10.1. The van der Waals surface area contributed by atoms with E-state index in [9.17, 15) is 0 Å². The van der Waals surface area contributed by atoms with Gasteiger partial charge in [0.05, 0.1) is 12.1 Å². The molecule has 4 nitrogen and oxygen atoms in total. The molecule has 106 valence electrons. The summed E-state index contributed by atoms with van der Waals surface area (Å²) in [6, 6.07) is 9.58. The Morgan fingerprint density at radius 3 is 2.60 bits per heavy atom. The zero-order chi connectivity index (χ0) is 14.5. The van der Waals surface area contributed by atoms with Gasteiger partial charge in [-0.05, 0) is 32.4 Å². The summed E-state index contributed by atoms with van der Waals surface area (Å²) in [5, 5.41) is 4.03. The zero-order valence-electron chi connectivity index (χ0n) is 11.8. The Hall–Kier alpha value is -1.81. The summed E-state index contributed by atoms with van der Waals surface area (Å²) in [5.41, 5.74) is 1.03. The van der Waals surface area contributed by atoms with Gasteiger partial charge in [0, 0.05) is 11.1 Å². The molecule has 0 aliphatic rings. The van der Waals surface area contributed by atoms with Crippen LogP contribution in [0.1, 0.15) is 32.4 Å². The Labute approximate surface area is 124 Å². The monoisotopic (exact) mass is 291 g/mol. The Bertz CT molecular complexity index is 575. The lowest BCUT2D eigenvalue weighted by molar-refractivity contribution is 0.232. The predicted octanol–water partition coefficient (Wildman–Crippen LogP) is 4.09. The molecule has 0 fully saturated rings. The SMILES string of the molecule is CC(C)Oc1cc(NC(C)c2ccccc2Cl)ncn1. The van der Waals surface area contributed by atoms with Crippen molar-refractivity contribution in [3.05, 3.63) is 47.2 Å². The molecule has 0 saturated heterocycles. The maximum Gasteiger partial charge on any atom is 0.218 e. The van der Waals surface area contributed by atoms with E-state index in [0.29, 0.717) is 11.7 Å². The maximum atomic E-state index is 6.19. The highest BCUT2D eigenvalue weighted by molar-refractivity contribution is 6.31. The number of hydrogen-bond donors (Lipinski definition) is 1. The smallest absolute Gasteiger partial charge is 0.218 e. The van der Waals surface area contributed by atoms with Crippen LogP contribution in [0.2, 0.25) is 5.02 Å². The lowest BCUT2D eigenvalue weighted by Gasteiger charge is -2.17. The number of aromatic nitrogens is 2. The van der Waals surface area contributed by atoms with Gasteiger partial charge in [-0.3, -0.25) is 0 Å². The summed E-state index contributed by atoms with van der Waals surface area (Å²) in [7, 11) is 0. The van der Waals surface area contributed by atoms with Crippen molar-refractivity contribution >= 4 is 17.4 Å². The van der Waals surface area contributed by atoms with Crippen LogP contribution in [0.25, 0.3) is 0 Å². The standard InChI is InChI=1S/C15H18ClN3O/c1-10(2)20-15-8-14(17-9-18-15)19-11(3)12-6-4-5-7-13(12)16/h4-11H,1-3H3,(H,17,18,19). The summed E-state index contributed by atoms with van der Waals surface area (Å²) in [6.45, 7) is 5.95. The van der Waals surface area contributed by atoms with Crippen LogP contribution < -0.4 is 10.1 Å². The molecule has 5 heteroatoms. The fourth-order valence-electron chi connectivity index (χ4n) is 1.85. The van der Waals surface area contributed by atoms with Crippen molar-refractivity contribution in [1.29, 1.82) is 0 Å². The zero-order valence-corrected chi connectivity index (χ0v) is 12.6. The summed E-state index contributed by atoms with van der Waals surface area (Å²) in [4.78, 5) is 8.27. The number of anilines is 1. The third-order valence-corrected chi connectivity index (χ3v) is 3.08. The first-order chi connectivity index (χ1) is 9.56. The second-order valence-corrected chi connectivity index (χ2v) is 5.20. The van der Waals surface area contributed by atoms with Gasteiger partial charge in [-0.2, -0.15) is 0 Å². The van der Waals surface area contributed by atoms with Gasteiger partial charge in [0.25, 0.3) is 0 Å². The average Bonchev–Trinajstić information content (AvgIpc) is 2.38. The van der Waals surface area contributed by atoms with E-state index in [4.69, 9.17) is 16.3 Å². The van der Waals surface area contributed by atoms with E-state index in [2.05, 4.69) is 15.3 Å². The van der Waals surface area contributed by atoms with Crippen LogP contribution in [0.5, 0.6) is 5.88 Å². The third kappa shape index (κ3) is 3.84. The highest BCUT2D eigenvalue weighted by Crippen LogP contribution is 2.25. The fourth-order valence-corrected chi connectivity index (χ4v) is 2.15. The molecule has 0 amide bonds. The summed E-state index contributed by atoms with van der Waals surface area (Å²) in [5.74, 6) is 1.27. The molecule has 2 aromatic rings. The highest BCUT2D eigenvalue weighted by atomic mass is 35.5. The first-order valence-electron chi connectivity index (χ1n) is 6.56. The minimum Gasteiger partial charge on any atom is -0.475 e. The van der Waals surface area contributed by atoms with Gasteiger partial charge in [-0.1, -0.05) is 29.8 Å². The van der Waals surface area contributed by atoms with E-state index in [-0.39, 0.29) is 12.1 Å². The molecule has 1 aromatic carbocycles. The molecule has 1 unspecified atom stereocenters. The highest BCUT2D eigenvalue weighted by Gasteiger charge is 2.10. The predicted molar refractivity (Wildman–Crippen MR) is 81.3 cm³/mol. The van der Waals surface area contributed by atoms with Crippen LogP contribution in [0, 0.1) is 0 Å². The van der Waals surface area contributed by atoms with Crippen molar-refractivity contribution in [2.24, 2.45) is 0 Å². The molecule has 0 bridgehead atoms. The minimum absolute atomic E-state index is 0.0468. The Morgan fingerprint density at radius 2 is 1.90 bits per heavy atom. The van der Waals surface area contributed by atoms with Crippen LogP contribution in [0.15, 0.2) is 36.7 Å². The summed E-state index contributed by atoms with van der Waals surface area (Å²) in [6.07, 6.45) is 1.57. The van der Waals surface area contributed by atoms with Crippen LogP contribution in [0.3, 0.4) is 0 Å². The maximum absolute atomic E-state index is 6.19. The Balaban J connectivity index is 2.12. The van der Waals surface area contributed by atoms with Crippen LogP contribution in [-0.4, -0.2) is 16.1 Å². The van der Waals surface area contributed by atoms with E-state index < -0.39 is 0 Å². The van der Waals surface area contributed by atoms with E-state index in [1.54, 1.807) is 6.07 Å². The van der Waals surface area contributed by atoms with Crippen LogP contribution in [-0.2, 0) is 0 Å². The van der Waals surface area contributed by atoms with E-state index in [0.717, 1.165) is 10.6 Å². The van der Waals surface area contributed by atoms with E-state index in [1.807, 2.05) is 45.0 Å². The van der Waals surface area contributed by atoms with Crippen molar-refractivity contribution < 1.29 is 4.74 Å². The van der Waals surface area contributed by atoms with Crippen molar-refractivity contribution in [2.75, 3.05) is 5.32 Å². The summed E-state index contributed by atoms with van der Waals surface area (Å²) < 4.78 is 5.55. The van der Waals surface area contributed by atoms with Crippen molar-refractivity contribution in [3.63, 3.8) is 0 Å². The normalized spacial score (nSPS) is 12.2. The molecule has 2 rings (SSSR count). The number of hydrogen-bond acceptors (Lipinski definition) is 4. The lowest BCUT2D eigenvalue weighted by Crippen LogP contribution is -2.10. The van der Waals surface area contributed by atoms with E-state index >= 15 is 0 Å². The average molecular weight is 292 g/mol. The largest absolute Gasteiger partial charge is 0.475 e. The number of nitrogens with one attached hydrogen (secondary N) is 1. The molecule has 0 spiro atoms. The first kappa shape index (κ1) is 14.6. The molecule has 1 atom stereocenters. The number of halogens is 1. The van der Waals surface area contributed by atoms with Gasteiger partial charge >= 0.3 is 0 Å². The van der Waals surface area contributed by atoms with Gasteiger partial charge in [-0.15, -0.1) is 0 Å². The molecule has 1 heterocycles. The van der Waals surface area contributed by atoms with Gasteiger partial charge in [0.15, 0.2) is 0 Å². The molecular formula is C15H18ClN3O. The van der Waals surface area contributed by atoms with Gasteiger partial charge in [-0.25, -0.2) is 9.97 Å². The molecule has 0 aliphatic heterocycles. The Kier molecular flexibility index (Phi) is 4.79. The van der Waals surface area contributed by atoms with Crippen molar-refractivity contribution in [2.45, 2.75) is 32.9 Å². The quantitative estimate of drug-likeness (QED) is 0.901. The second kappa shape index (κ2) is 6.57. The van der Waals surface area contributed by atoms with Gasteiger partial charge < -0.3 is 10.1 Å².